The number of fused-ring (bicyclic) bond motifs is 4. The standard InChI is InChI=1S/C26H20N4O2/c31-25(28-20-10-11-23-18(13-20)12-17-6-4-5-9-22(17)23)26(32)29-15-19-14-27-30(24(19)16-29)21-7-2-1-3-8-21/h1-11,13-14H,12,15-16H2,(H,28,31). The number of aromatic nitrogens is 2. The van der Waals surface area contributed by atoms with Gasteiger partial charge in [-0.2, -0.15) is 5.10 Å². The molecule has 6 rings (SSSR count). The van der Waals surface area contributed by atoms with Crippen molar-refractivity contribution in [1.82, 2.24) is 14.7 Å². The fourth-order valence-electron chi connectivity index (χ4n) is 4.64. The van der Waals surface area contributed by atoms with Crippen LogP contribution in [0.5, 0.6) is 0 Å². The highest BCUT2D eigenvalue weighted by atomic mass is 16.2. The van der Waals surface area contributed by atoms with E-state index in [1.807, 2.05) is 65.3 Å². The number of nitrogens with one attached hydrogen (secondary N) is 1. The average Bonchev–Trinajstić information content (AvgIpc) is 3.51. The fourth-order valence-corrected chi connectivity index (χ4v) is 4.64. The molecule has 6 nitrogen and oxygen atoms in total. The topological polar surface area (TPSA) is 67.2 Å². The van der Waals surface area contributed by atoms with Crippen LogP contribution in [0.25, 0.3) is 16.8 Å². The van der Waals surface area contributed by atoms with Gasteiger partial charge in [-0.3, -0.25) is 9.59 Å². The molecular weight excluding hydrogens is 400 g/mol. The first-order valence-corrected chi connectivity index (χ1v) is 10.6. The van der Waals surface area contributed by atoms with E-state index in [0.29, 0.717) is 18.8 Å². The van der Waals surface area contributed by atoms with Crippen molar-refractivity contribution in [2.75, 3.05) is 5.32 Å². The third-order valence-corrected chi connectivity index (χ3v) is 6.19. The van der Waals surface area contributed by atoms with Gasteiger partial charge in [0.05, 0.1) is 30.7 Å². The largest absolute Gasteiger partial charge is 0.324 e. The summed E-state index contributed by atoms with van der Waals surface area (Å²) < 4.78 is 1.83. The van der Waals surface area contributed by atoms with Crippen LogP contribution in [0.2, 0.25) is 0 Å². The van der Waals surface area contributed by atoms with Gasteiger partial charge in [-0.05, 0) is 52.9 Å². The molecule has 1 aliphatic carbocycles. The summed E-state index contributed by atoms with van der Waals surface area (Å²) in [6.45, 7) is 0.740. The minimum Gasteiger partial charge on any atom is -0.324 e. The maximum atomic E-state index is 12.9. The average molecular weight is 420 g/mol. The molecule has 3 aromatic carbocycles. The van der Waals surface area contributed by atoms with Crippen LogP contribution < -0.4 is 5.32 Å². The minimum absolute atomic E-state index is 0.357. The molecule has 0 unspecified atom stereocenters. The Balaban J connectivity index is 1.17. The van der Waals surface area contributed by atoms with Crippen LogP contribution >= 0.6 is 0 Å². The molecule has 2 amide bonds. The number of hydrogen-bond donors (Lipinski definition) is 1. The summed E-state index contributed by atoms with van der Waals surface area (Å²) in [7, 11) is 0. The fraction of sp³-hybridized carbons (Fsp3) is 0.115. The number of benzene rings is 3. The summed E-state index contributed by atoms with van der Waals surface area (Å²) in [5, 5.41) is 7.23. The Morgan fingerprint density at radius 1 is 0.812 bits per heavy atom. The molecule has 0 bridgehead atoms. The summed E-state index contributed by atoms with van der Waals surface area (Å²) >= 11 is 0. The van der Waals surface area contributed by atoms with E-state index in [1.54, 1.807) is 11.1 Å². The quantitative estimate of drug-likeness (QED) is 0.440. The molecule has 4 aromatic rings. The molecule has 0 radical (unpaired) electrons. The SMILES string of the molecule is O=C(Nc1ccc2c(c1)Cc1ccccc1-2)C(=O)N1Cc2cnn(-c3ccccc3)c2C1. The Morgan fingerprint density at radius 2 is 1.59 bits per heavy atom. The maximum Gasteiger partial charge on any atom is 0.313 e. The van der Waals surface area contributed by atoms with Gasteiger partial charge in [0, 0.05) is 11.3 Å². The summed E-state index contributed by atoms with van der Waals surface area (Å²) in [4.78, 5) is 27.1. The molecule has 0 saturated heterocycles. The normalized spacial score (nSPS) is 13.4. The van der Waals surface area contributed by atoms with Crippen LogP contribution in [0.4, 0.5) is 5.69 Å². The van der Waals surface area contributed by atoms with Crippen molar-refractivity contribution in [3.05, 3.63) is 101 Å². The van der Waals surface area contributed by atoms with Crippen LogP contribution in [0.3, 0.4) is 0 Å². The summed E-state index contributed by atoms with van der Waals surface area (Å²) in [6.07, 6.45) is 2.60. The first-order chi connectivity index (χ1) is 15.7. The summed E-state index contributed by atoms with van der Waals surface area (Å²) in [6, 6.07) is 23.9. The third kappa shape index (κ3) is 3.00. The number of para-hydroxylation sites is 1. The molecule has 1 aromatic heterocycles. The molecule has 2 aliphatic rings. The van der Waals surface area contributed by atoms with Crippen molar-refractivity contribution >= 4 is 17.5 Å². The number of carbonyl (C=O) groups is 2. The number of carbonyl (C=O) groups excluding carboxylic acids is 2. The van der Waals surface area contributed by atoms with E-state index in [2.05, 4.69) is 22.5 Å². The summed E-state index contributed by atoms with van der Waals surface area (Å²) in [5.41, 5.74) is 8.34. The number of hydrogen-bond acceptors (Lipinski definition) is 3. The van der Waals surface area contributed by atoms with Gasteiger partial charge in [0.15, 0.2) is 0 Å². The van der Waals surface area contributed by atoms with E-state index in [4.69, 9.17) is 0 Å². The Kier molecular flexibility index (Phi) is 4.18. The molecule has 32 heavy (non-hydrogen) atoms. The van der Waals surface area contributed by atoms with E-state index >= 15 is 0 Å². The van der Waals surface area contributed by atoms with E-state index < -0.39 is 11.8 Å². The lowest BCUT2D eigenvalue weighted by atomic mass is 10.1. The minimum atomic E-state index is -0.621. The molecule has 2 heterocycles. The number of anilines is 1. The lowest BCUT2D eigenvalue weighted by Crippen LogP contribution is -2.36. The van der Waals surface area contributed by atoms with Gasteiger partial charge < -0.3 is 10.2 Å². The van der Waals surface area contributed by atoms with E-state index in [1.165, 1.54) is 16.7 Å². The predicted octanol–water partition coefficient (Wildman–Crippen LogP) is 3.92. The van der Waals surface area contributed by atoms with Gasteiger partial charge in [0.1, 0.15) is 0 Å². The highest BCUT2D eigenvalue weighted by molar-refractivity contribution is 6.39. The number of amides is 2. The molecule has 0 saturated carbocycles. The van der Waals surface area contributed by atoms with Crippen molar-refractivity contribution < 1.29 is 9.59 Å². The van der Waals surface area contributed by atoms with Crippen LogP contribution in [-0.2, 0) is 29.1 Å². The van der Waals surface area contributed by atoms with Crippen molar-refractivity contribution in [3.63, 3.8) is 0 Å². The zero-order chi connectivity index (χ0) is 21.7. The molecule has 0 spiro atoms. The van der Waals surface area contributed by atoms with Gasteiger partial charge in [-0.1, -0.05) is 48.5 Å². The van der Waals surface area contributed by atoms with Gasteiger partial charge in [-0.15, -0.1) is 0 Å². The smallest absolute Gasteiger partial charge is 0.313 e. The Hall–Kier alpha value is -4.19. The molecule has 0 atom stereocenters. The summed E-state index contributed by atoms with van der Waals surface area (Å²) in [5.74, 6) is -1.16. The lowest BCUT2D eigenvalue weighted by Gasteiger charge is -2.16. The van der Waals surface area contributed by atoms with Crippen LogP contribution in [0.1, 0.15) is 22.4 Å². The van der Waals surface area contributed by atoms with E-state index in [9.17, 15) is 9.59 Å². The number of nitrogens with zero attached hydrogens (tertiary/aromatic N) is 3. The Morgan fingerprint density at radius 3 is 2.47 bits per heavy atom. The van der Waals surface area contributed by atoms with Crippen molar-refractivity contribution in [2.24, 2.45) is 0 Å². The highest BCUT2D eigenvalue weighted by Gasteiger charge is 2.31. The van der Waals surface area contributed by atoms with Crippen LogP contribution in [0, 0.1) is 0 Å². The monoisotopic (exact) mass is 420 g/mol. The number of rotatable bonds is 2. The van der Waals surface area contributed by atoms with Crippen molar-refractivity contribution in [2.45, 2.75) is 19.5 Å². The molecule has 156 valence electrons. The molecular formula is C26H20N4O2. The highest BCUT2D eigenvalue weighted by Crippen LogP contribution is 2.37. The first kappa shape index (κ1) is 18.6. The lowest BCUT2D eigenvalue weighted by molar-refractivity contribution is -0.143. The van der Waals surface area contributed by atoms with Crippen LogP contribution in [0.15, 0.2) is 79.0 Å². The zero-order valence-electron chi connectivity index (χ0n) is 17.3. The van der Waals surface area contributed by atoms with Gasteiger partial charge in [-0.25, -0.2) is 4.68 Å². The third-order valence-electron chi connectivity index (χ3n) is 6.19. The van der Waals surface area contributed by atoms with Crippen molar-refractivity contribution in [1.29, 1.82) is 0 Å². The molecule has 1 N–H and O–H groups in total. The second-order valence-corrected chi connectivity index (χ2v) is 8.19. The second-order valence-electron chi connectivity index (χ2n) is 8.19. The van der Waals surface area contributed by atoms with Gasteiger partial charge in [0.2, 0.25) is 0 Å². The van der Waals surface area contributed by atoms with Gasteiger partial charge in [0.25, 0.3) is 0 Å². The molecule has 1 aliphatic heterocycles. The first-order valence-electron chi connectivity index (χ1n) is 10.6. The predicted molar refractivity (Wildman–Crippen MR) is 121 cm³/mol. The van der Waals surface area contributed by atoms with Crippen LogP contribution in [-0.4, -0.2) is 26.5 Å². The van der Waals surface area contributed by atoms with E-state index in [0.717, 1.165) is 28.9 Å². The Labute approximate surface area is 185 Å². The van der Waals surface area contributed by atoms with E-state index in [-0.39, 0.29) is 0 Å². The molecule has 0 fully saturated rings. The zero-order valence-corrected chi connectivity index (χ0v) is 17.3. The Bertz CT molecular complexity index is 1370. The second kappa shape index (κ2) is 7.20. The maximum absolute atomic E-state index is 12.9. The molecule has 6 heteroatoms. The van der Waals surface area contributed by atoms with Gasteiger partial charge >= 0.3 is 11.8 Å². The van der Waals surface area contributed by atoms with Crippen molar-refractivity contribution in [3.8, 4) is 16.8 Å².